The van der Waals surface area contributed by atoms with Crippen molar-refractivity contribution in [2.24, 2.45) is 7.05 Å². The molecule has 0 aliphatic heterocycles. The number of nitrogens with zero attached hydrogens (tertiary/aromatic N) is 2. The maximum atomic E-state index is 12.2. The lowest BCUT2D eigenvalue weighted by atomic mass is 10.2. The number of aryl methyl sites for hydroxylation is 1. The molecule has 7 nitrogen and oxygen atoms in total. The highest BCUT2D eigenvalue weighted by Crippen LogP contribution is 2.25. The Hall–Kier alpha value is -2.16. The summed E-state index contributed by atoms with van der Waals surface area (Å²) in [5.74, 6) is 0.572. The van der Waals surface area contributed by atoms with Gasteiger partial charge in [0.1, 0.15) is 22.3 Å². The third kappa shape index (κ3) is 3.29. The van der Waals surface area contributed by atoms with Crippen molar-refractivity contribution in [3.05, 3.63) is 48.5 Å². The van der Waals surface area contributed by atoms with Crippen LogP contribution in [-0.2, 0) is 21.8 Å². The predicted molar refractivity (Wildman–Crippen MR) is 84.4 cm³/mol. The van der Waals surface area contributed by atoms with E-state index in [0.717, 1.165) is 11.0 Å². The lowest BCUT2D eigenvalue weighted by molar-refractivity contribution is 0.0893. The van der Waals surface area contributed by atoms with Crippen LogP contribution in [0.3, 0.4) is 0 Å². The Labute approximate surface area is 133 Å². The SMILES string of the molecule is CO[C@@H](CNS(=O)(=O)c1cnn(C)c1)c1cc2ccccc2o1. The van der Waals surface area contributed by atoms with E-state index in [1.165, 1.54) is 24.2 Å². The number of furan rings is 1. The molecular formula is C15H17N3O4S. The molecule has 23 heavy (non-hydrogen) atoms. The zero-order chi connectivity index (χ0) is 16.4. The van der Waals surface area contributed by atoms with Crippen molar-refractivity contribution in [1.82, 2.24) is 14.5 Å². The number of aromatic nitrogens is 2. The summed E-state index contributed by atoms with van der Waals surface area (Å²) in [5.41, 5.74) is 0.736. The van der Waals surface area contributed by atoms with Gasteiger partial charge in [0.05, 0.1) is 6.20 Å². The first-order valence-corrected chi connectivity index (χ1v) is 8.47. The second kappa shape index (κ2) is 6.15. The van der Waals surface area contributed by atoms with E-state index in [1.807, 2.05) is 30.3 Å². The standard InChI is InChI=1S/C15H17N3O4S/c1-18-10-12(8-16-18)23(19,20)17-9-15(21-2)14-7-11-5-3-4-6-13(11)22-14/h3-8,10,15,17H,9H2,1-2H3/t15-/m0/s1. The summed E-state index contributed by atoms with van der Waals surface area (Å²) < 4.78 is 39.5. The Morgan fingerprint density at radius 3 is 2.83 bits per heavy atom. The number of ether oxygens (including phenoxy) is 1. The van der Waals surface area contributed by atoms with Crippen LogP contribution in [0.15, 0.2) is 52.0 Å². The smallest absolute Gasteiger partial charge is 0.243 e. The Balaban J connectivity index is 1.77. The number of sulfonamides is 1. The van der Waals surface area contributed by atoms with Gasteiger partial charge in [-0.15, -0.1) is 0 Å². The third-order valence-corrected chi connectivity index (χ3v) is 4.87. The van der Waals surface area contributed by atoms with Gasteiger partial charge in [0.25, 0.3) is 0 Å². The minimum Gasteiger partial charge on any atom is -0.458 e. The predicted octanol–water partition coefficient (Wildman–Crippen LogP) is 1.83. The second-order valence-corrected chi connectivity index (χ2v) is 6.88. The molecule has 0 bridgehead atoms. The van der Waals surface area contributed by atoms with Crippen LogP contribution in [0, 0.1) is 0 Å². The van der Waals surface area contributed by atoms with E-state index in [0.29, 0.717) is 5.76 Å². The number of fused-ring (bicyclic) bond motifs is 1. The number of methoxy groups -OCH3 is 1. The fourth-order valence-corrected chi connectivity index (χ4v) is 3.28. The van der Waals surface area contributed by atoms with Gasteiger partial charge < -0.3 is 9.15 Å². The Kier molecular flexibility index (Phi) is 4.20. The molecule has 0 saturated carbocycles. The van der Waals surface area contributed by atoms with Gasteiger partial charge in [-0.3, -0.25) is 4.68 Å². The zero-order valence-electron chi connectivity index (χ0n) is 12.8. The van der Waals surface area contributed by atoms with E-state index >= 15 is 0 Å². The maximum absolute atomic E-state index is 12.2. The summed E-state index contributed by atoms with van der Waals surface area (Å²) in [5, 5.41) is 4.81. The van der Waals surface area contributed by atoms with Crippen molar-refractivity contribution in [1.29, 1.82) is 0 Å². The number of nitrogens with one attached hydrogen (secondary N) is 1. The molecule has 2 aromatic heterocycles. The Morgan fingerprint density at radius 1 is 1.39 bits per heavy atom. The first-order chi connectivity index (χ1) is 11.0. The summed E-state index contributed by atoms with van der Waals surface area (Å²) in [6.07, 6.45) is 2.21. The lowest BCUT2D eigenvalue weighted by Crippen LogP contribution is -2.29. The van der Waals surface area contributed by atoms with Crippen LogP contribution in [0.5, 0.6) is 0 Å². The van der Waals surface area contributed by atoms with Crippen LogP contribution in [-0.4, -0.2) is 31.9 Å². The lowest BCUT2D eigenvalue weighted by Gasteiger charge is -2.13. The molecule has 3 rings (SSSR count). The van der Waals surface area contributed by atoms with Crippen LogP contribution < -0.4 is 4.72 Å². The van der Waals surface area contributed by atoms with Crippen molar-refractivity contribution in [2.75, 3.05) is 13.7 Å². The van der Waals surface area contributed by atoms with Gasteiger partial charge >= 0.3 is 0 Å². The molecule has 0 saturated heterocycles. The van der Waals surface area contributed by atoms with Gasteiger partial charge in [-0.25, -0.2) is 13.1 Å². The minimum absolute atomic E-state index is 0.0630. The van der Waals surface area contributed by atoms with E-state index < -0.39 is 16.1 Å². The molecule has 0 amide bonds. The number of rotatable bonds is 6. The van der Waals surface area contributed by atoms with Crippen LogP contribution in [0.25, 0.3) is 11.0 Å². The van der Waals surface area contributed by atoms with Crippen molar-refractivity contribution in [3.8, 4) is 0 Å². The topological polar surface area (TPSA) is 86.4 Å². The monoisotopic (exact) mass is 335 g/mol. The summed E-state index contributed by atoms with van der Waals surface area (Å²) in [6, 6.07) is 9.42. The molecule has 0 aliphatic rings. The van der Waals surface area contributed by atoms with Crippen LogP contribution in [0.4, 0.5) is 0 Å². The fraction of sp³-hybridized carbons (Fsp3) is 0.267. The second-order valence-electron chi connectivity index (χ2n) is 5.11. The number of hydrogen-bond acceptors (Lipinski definition) is 5. The Morgan fingerprint density at radius 2 is 2.17 bits per heavy atom. The molecule has 1 atom stereocenters. The van der Waals surface area contributed by atoms with Crippen LogP contribution in [0.1, 0.15) is 11.9 Å². The molecule has 0 fully saturated rings. The highest BCUT2D eigenvalue weighted by molar-refractivity contribution is 7.89. The van der Waals surface area contributed by atoms with Gasteiger partial charge in [0, 0.05) is 32.3 Å². The molecular weight excluding hydrogens is 318 g/mol. The first-order valence-electron chi connectivity index (χ1n) is 6.99. The number of para-hydroxylation sites is 1. The van der Waals surface area contributed by atoms with E-state index in [9.17, 15) is 8.42 Å². The molecule has 0 radical (unpaired) electrons. The molecule has 0 spiro atoms. The first kappa shape index (κ1) is 15.7. The molecule has 0 unspecified atom stereocenters. The molecule has 1 N–H and O–H groups in total. The molecule has 2 heterocycles. The highest BCUT2D eigenvalue weighted by Gasteiger charge is 2.21. The fourth-order valence-electron chi connectivity index (χ4n) is 2.27. The van der Waals surface area contributed by atoms with Gasteiger partial charge in [-0.05, 0) is 12.1 Å². The van der Waals surface area contributed by atoms with Crippen LogP contribution in [0.2, 0.25) is 0 Å². The summed E-state index contributed by atoms with van der Waals surface area (Å²) >= 11 is 0. The third-order valence-electron chi connectivity index (χ3n) is 3.50. The minimum atomic E-state index is -3.64. The van der Waals surface area contributed by atoms with E-state index in [-0.39, 0.29) is 11.4 Å². The summed E-state index contributed by atoms with van der Waals surface area (Å²) in [7, 11) is -0.469. The number of benzene rings is 1. The van der Waals surface area contributed by atoms with Crippen molar-refractivity contribution in [3.63, 3.8) is 0 Å². The average Bonchev–Trinajstić information content (AvgIpc) is 3.14. The maximum Gasteiger partial charge on any atom is 0.243 e. The normalized spacial score (nSPS) is 13.5. The molecule has 122 valence electrons. The zero-order valence-corrected chi connectivity index (χ0v) is 13.6. The molecule has 8 heteroatoms. The van der Waals surface area contributed by atoms with Crippen molar-refractivity contribution >= 4 is 21.0 Å². The largest absolute Gasteiger partial charge is 0.458 e. The van der Waals surface area contributed by atoms with Crippen molar-refractivity contribution < 1.29 is 17.6 Å². The Bertz CT molecular complexity index is 881. The number of hydrogen-bond donors (Lipinski definition) is 1. The summed E-state index contributed by atoms with van der Waals surface area (Å²) in [4.78, 5) is 0.111. The van der Waals surface area contributed by atoms with Gasteiger partial charge in [-0.2, -0.15) is 5.10 Å². The quantitative estimate of drug-likeness (QED) is 0.743. The van der Waals surface area contributed by atoms with E-state index in [1.54, 1.807) is 7.05 Å². The van der Waals surface area contributed by atoms with Gasteiger partial charge in [-0.1, -0.05) is 18.2 Å². The average molecular weight is 335 g/mol. The molecule has 1 aromatic carbocycles. The summed E-state index contributed by atoms with van der Waals surface area (Å²) in [6.45, 7) is 0.0630. The molecule has 0 aliphatic carbocycles. The van der Waals surface area contributed by atoms with E-state index in [4.69, 9.17) is 9.15 Å². The highest BCUT2D eigenvalue weighted by atomic mass is 32.2. The van der Waals surface area contributed by atoms with Gasteiger partial charge in [0.2, 0.25) is 10.0 Å². The van der Waals surface area contributed by atoms with Crippen molar-refractivity contribution in [2.45, 2.75) is 11.0 Å². The van der Waals surface area contributed by atoms with Gasteiger partial charge in [0.15, 0.2) is 0 Å². The van der Waals surface area contributed by atoms with Crippen LogP contribution >= 0.6 is 0 Å². The molecule has 3 aromatic rings. The van der Waals surface area contributed by atoms with E-state index in [2.05, 4.69) is 9.82 Å².